The van der Waals surface area contributed by atoms with Crippen LogP contribution < -0.4 is 0 Å². The lowest BCUT2D eigenvalue weighted by atomic mass is 9.59. The summed E-state index contributed by atoms with van der Waals surface area (Å²) < 4.78 is 0. The summed E-state index contributed by atoms with van der Waals surface area (Å²) >= 11 is 0. The molecule has 0 heterocycles. The van der Waals surface area contributed by atoms with Crippen molar-refractivity contribution in [3.05, 3.63) is 71.3 Å². The van der Waals surface area contributed by atoms with Gasteiger partial charge in [-0.2, -0.15) is 0 Å². The molecule has 0 radical (unpaired) electrons. The van der Waals surface area contributed by atoms with Gasteiger partial charge in [0, 0.05) is 5.41 Å². The minimum atomic E-state index is 0.158. The fourth-order valence-corrected chi connectivity index (χ4v) is 3.85. The quantitative estimate of drug-likeness (QED) is 0.670. The maximum atomic E-state index is 2.38. The summed E-state index contributed by atoms with van der Waals surface area (Å²) in [4.78, 5) is 0. The zero-order chi connectivity index (χ0) is 13.5. The number of hydrogen-bond acceptors (Lipinski definition) is 0. The van der Waals surface area contributed by atoms with Crippen molar-refractivity contribution in [3.63, 3.8) is 0 Å². The Hall–Kier alpha value is -1.56. The van der Waals surface area contributed by atoms with Crippen molar-refractivity contribution < 1.29 is 0 Å². The summed E-state index contributed by atoms with van der Waals surface area (Å²) in [5.74, 6) is 0. The molecule has 0 aromatic heterocycles. The molecule has 2 aromatic carbocycles. The maximum absolute atomic E-state index is 2.38. The first-order valence-electron chi connectivity index (χ1n) is 7.20. The Balaban J connectivity index is 2.27. The predicted octanol–water partition coefficient (Wildman–Crippen LogP) is 4.97. The fraction of sp³-hybridized carbons (Fsp3) is 0.368. The molecule has 1 aliphatic carbocycles. The Bertz CT molecular complexity index is 574. The molecule has 19 heavy (non-hydrogen) atoms. The average Bonchev–Trinajstić information content (AvgIpc) is 2.80. The van der Waals surface area contributed by atoms with E-state index in [9.17, 15) is 0 Å². The molecule has 0 aliphatic heterocycles. The zero-order valence-electron chi connectivity index (χ0n) is 12.1. The Morgan fingerprint density at radius 3 is 2.16 bits per heavy atom. The zero-order valence-corrected chi connectivity index (χ0v) is 12.1. The van der Waals surface area contributed by atoms with Crippen LogP contribution in [0.1, 0.15) is 43.9 Å². The van der Waals surface area contributed by atoms with Gasteiger partial charge in [-0.25, -0.2) is 0 Å². The van der Waals surface area contributed by atoms with E-state index in [1.807, 2.05) is 0 Å². The maximum Gasteiger partial charge on any atom is 0.0257 e. The molecule has 3 rings (SSSR count). The van der Waals surface area contributed by atoms with Crippen LogP contribution in [0, 0.1) is 5.41 Å². The Kier molecular flexibility index (Phi) is 2.78. The van der Waals surface area contributed by atoms with Crippen molar-refractivity contribution in [2.75, 3.05) is 0 Å². The second-order valence-corrected chi connectivity index (χ2v) is 6.68. The smallest absolute Gasteiger partial charge is 0.0257 e. The number of hydrogen-bond donors (Lipinski definition) is 0. The molecule has 1 atom stereocenters. The molecule has 0 N–H and O–H groups in total. The van der Waals surface area contributed by atoms with Crippen LogP contribution >= 0.6 is 0 Å². The minimum absolute atomic E-state index is 0.158. The van der Waals surface area contributed by atoms with Gasteiger partial charge in [0.1, 0.15) is 0 Å². The van der Waals surface area contributed by atoms with Gasteiger partial charge in [0.15, 0.2) is 0 Å². The molecule has 0 spiro atoms. The van der Waals surface area contributed by atoms with Crippen LogP contribution in [-0.4, -0.2) is 0 Å². The minimum Gasteiger partial charge on any atom is -0.0622 e. The second-order valence-electron chi connectivity index (χ2n) is 6.68. The van der Waals surface area contributed by atoms with Crippen LogP contribution in [0.2, 0.25) is 0 Å². The lowest BCUT2D eigenvalue weighted by Gasteiger charge is -2.43. The standard InChI is InChI=1S/C19H22/c1-18(2,3)19(16-10-5-4-6-11-16)14-13-15-9-7-8-12-17(15)19/h4-12H,13-14H2,1-3H3. The lowest BCUT2D eigenvalue weighted by molar-refractivity contribution is 0.227. The Morgan fingerprint density at radius 1 is 0.842 bits per heavy atom. The van der Waals surface area contributed by atoms with Gasteiger partial charge in [-0.1, -0.05) is 75.4 Å². The van der Waals surface area contributed by atoms with E-state index >= 15 is 0 Å². The first-order valence-corrected chi connectivity index (χ1v) is 7.20. The van der Waals surface area contributed by atoms with Gasteiger partial charge in [0.05, 0.1) is 0 Å². The molecular formula is C19H22. The lowest BCUT2D eigenvalue weighted by Crippen LogP contribution is -2.39. The van der Waals surface area contributed by atoms with Gasteiger partial charge in [-0.3, -0.25) is 0 Å². The van der Waals surface area contributed by atoms with E-state index in [1.54, 1.807) is 0 Å². The van der Waals surface area contributed by atoms with Crippen molar-refractivity contribution in [2.24, 2.45) is 5.41 Å². The summed E-state index contributed by atoms with van der Waals surface area (Å²) in [5.41, 5.74) is 4.91. The van der Waals surface area contributed by atoms with Crippen molar-refractivity contribution in [3.8, 4) is 0 Å². The molecule has 0 amide bonds. The first-order chi connectivity index (χ1) is 9.06. The van der Waals surface area contributed by atoms with E-state index in [0.717, 1.165) is 0 Å². The molecule has 0 saturated carbocycles. The molecular weight excluding hydrogens is 228 g/mol. The highest BCUT2D eigenvalue weighted by Crippen LogP contribution is 2.54. The van der Waals surface area contributed by atoms with Crippen LogP contribution in [0.25, 0.3) is 0 Å². The van der Waals surface area contributed by atoms with E-state index < -0.39 is 0 Å². The topological polar surface area (TPSA) is 0 Å². The van der Waals surface area contributed by atoms with Crippen LogP contribution in [0.5, 0.6) is 0 Å². The summed E-state index contributed by atoms with van der Waals surface area (Å²) in [7, 11) is 0. The van der Waals surface area contributed by atoms with Crippen LogP contribution in [0.4, 0.5) is 0 Å². The van der Waals surface area contributed by atoms with E-state index in [-0.39, 0.29) is 10.8 Å². The van der Waals surface area contributed by atoms with E-state index in [0.29, 0.717) is 0 Å². The summed E-state index contributed by atoms with van der Waals surface area (Å²) in [6.07, 6.45) is 2.42. The van der Waals surface area contributed by atoms with Crippen LogP contribution in [0.3, 0.4) is 0 Å². The van der Waals surface area contributed by atoms with Crippen molar-refractivity contribution in [2.45, 2.75) is 39.0 Å². The predicted molar refractivity (Wildman–Crippen MR) is 81.4 cm³/mol. The highest BCUT2D eigenvalue weighted by Gasteiger charge is 2.48. The number of aryl methyl sites for hydroxylation is 1. The van der Waals surface area contributed by atoms with Crippen LogP contribution in [-0.2, 0) is 11.8 Å². The molecule has 2 aromatic rings. The van der Waals surface area contributed by atoms with Gasteiger partial charge in [-0.05, 0) is 34.9 Å². The first kappa shape index (κ1) is 12.5. The Labute approximate surface area is 116 Å². The van der Waals surface area contributed by atoms with Gasteiger partial charge < -0.3 is 0 Å². The number of fused-ring (bicyclic) bond motifs is 1. The molecule has 0 bridgehead atoms. The summed E-state index contributed by atoms with van der Waals surface area (Å²) in [6, 6.07) is 20.0. The van der Waals surface area contributed by atoms with Crippen molar-refractivity contribution in [1.82, 2.24) is 0 Å². The molecule has 0 nitrogen and oxygen atoms in total. The van der Waals surface area contributed by atoms with Crippen molar-refractivity contribution >= 4 is 0 Å². The normalized spacial score (nSPS) is 22.3. The third kappa shape index (κ3) is 1.74. The molecule has 0 saturated heterocycles. The molecule has 0 heteroatoms. The van der Waals surface area contributed by atoms with Gasteiger partial charge in [0.25, 0.3) is 0 Å². The third-order valence-corrected chi connectivity index (χ3v) is 4.79. The molecule has 98 valence electrons. The highest BCUT2D eigenvalue weighted by molar-refractivity contribution is 5.49. The molecule has 1 aliphatic rings. The van der Waals surface area contributed by atoms with E-state index in [1.165, 1.54) is 29.5 Å². The van der Waals surface area contributed by atoms with Gasteiger partial charge in [0.2, 0.25) is 0 Å². The SMILES string of the molecule is CC(C)(C)C1(c2ccccc2)CCc2ccccc21. The van der Waals surface area contributed by atoms with Gasteiger partial charge >= 0.3 is 0 Å². The Morgan fingerprint density at radius 2 is 1.47 bits per heavy atom. The van der Waals surface area contributed by atoms with E-state index in [2.05, 4.69) is 75.4 Å². The summed E-state index contributed by atoms with van der Waals surface area (Å²) in [5, 5.41) is 0. The highest BCUT2D eigenvalue weighted by atomic mass is 14.5. The molecule has 0 fully saturated rings. The largest absolute Gasteiger partial charge is 0.0622 e. The van der Waals surface area contributed by atoms with Crippen molar-refractivity contribution in [1.29, 1.82) is 0 Å². The third-order valence-electron chi connectivity index (χ3n) is 4.79. The van der Waals surface area contributed by atoms with Crippen LogP contribution in [0.15, 0.2) is 54.6 Å². The monoisotopic (exact) mass is 250 g/mol. The average molecular weight is 250 g/mol. The molecule has 1 unspecified atom stereocenters. The fourth-order valence-electron chi connectivity index (χ4n) is 3.85. The summed E-state index contributed by atoms with van der Waals surface area (Å²) in [6.45, 7) is 7.13. The van der Waals surface area contributed by atoms with E-state index in [4.69, 9.17) is 0 Å². The van der Waals surface area contributed by atoms with Gasteiger partial charge in [-0.15, -0.1) is 0 Å². The number of rotatable bonds is 1. The second kappa shape index (κ2) is 4.23. The number of benzene rings is 2.